The molecule has 120 valence electrons. The number of nitrogens with zero attached hydrogens (tertiary/aromatic N) is 4. The molecule has 0 aromatic carbocycles. The summed E-state index contributed by atoms with van der Waals surface area (Å²) < 4.78 is 3.55. The van der Waals surface area contributed by atoms with E-state index in [1.165, 1.54) is 18.9 Å². The second-order valence-corrected chi connectivity index (χ2v) is 11.2. The van der Waals surface area contributed by atoms with Crippen molar-refractivity contribution in [2.45, 2.75) is 31.5 Å². The smallest absolute Gasteiger partial charge is 0.330 e. The van der Waals surface area contributed by atoms with Gasteiger partial charge in [-0.3, -0.25) is 4.79 Å². The minimum atomic E-state index is -0.828. The number of halogens is 2. The van der Waals surface area contributed by atoms with Gasteiger partial charge in [-0.15, -0.1) is 22.0 Å². The number of alkyl halides is 2. The maximum atomic E-state index is 12.3. The molecule has 1 N–H and O–H groups in total. The van der Waals surface area contributed by atoms with E-state index in [-0.39, 0.29) is 11.3 Å². The van der Waals surface area contributed by atoms with Crippen molar-refractivity contribution in [2.24, 2.45) is 0 Å². The van der Waals surface area contributed by atoms with Crippen LogP contribution in [0.3, 0.4) is 0 Å². The molecule has 12 heteroatoms. The number of aromatic nitrogens is 4. The maximum Gasteiger partial charge on any atom is 0.330 e. The Bertz CT molecular complexity index is 616. The van der Waals surface area contributed by atoms with Gasteiger partial charge >= 0.3 is 5.97 Å². The Kier molecular flexibility index (Phi) is 4.23. The molecule has 0 aliphatic carbocycles. The lowest BCUT2D eigenvalue weighted by molar-refractivity contribution is -0.159. The van der Waals surface area contributed by atoms with Crippen LogP contribution >= 0.6 is 55.4 Å². The van der Waals surface area contributed by atoms with Crippen molar-refractivity contribution in [3.8, 4) is 0 Å². The molecule has 2 aliphatic rings. The van der Waals surface area contributed by atoms with Gasteiger partial charge in [0.15, 0.2) is 3.23 Å². The van der Waals surface area contributed by atoms with Gasteiger partial charge in [-0.2, -0.15) is 5.21 Å². The van der Waals surface area contributed by atoms with Crippen molar-refractivity contribution in [1.29, 1.82) is 0 Å². The second kappa shape index (κ2) is 5.64. The Morgan fingerprint density at radius 1 is 1.59 bits per heavy atom. The number of β-lactam (4-membered cyclic amide) rings is 1. The number of tetrazole rings is 1. The number of hydrogen-bond acceptors (Lipinski definition) is 8. The van der Waals surface area contributed by atoms with Gasteiger partial charge in [0, 0.05) is 5.75 Å². The average Bonchev–Trinajstić information content (AvgIpc) is 3.09. The van der Waals surface area contributed by atoms with E-state index in [1.807, 2.05) is 6.92 Å². The molecule has 1 amide bonds. The molecule has 22 heavy (non-hydrogen) atoms. The molecule has 2 aliphatic heterocycles. The van der Waals surface area contributed by atoms with Gasteiger partial charge in [0.05, 0.1) is 11.9 Å². The number of fused-ring (bicyclic) bond motifs is 1. The number of hydrogen-bond donors (Lipinski definition) is 1. The summed E-state index contributed by atoms with van der Waals surface area (Å²) in [6.45, 7) is 1.94. The zero-order valence-electron chi connectivity index (χ0n) is 11.4. The maximum absolute atomic E-state index is 12.3. The molecule has 3 rings (SSSR count). The summed E-state index contributed by atoms with van der Waals surface area (Å²) >= 11 is 9.69. The molecule has 1 aromatic rings. The summed E-state index contributed by atoms with van der Waals surface area (Å²) in [5.41, 5.74) is 0. The molecular formula is C10H11Br2N5O3S2. The van der Waals surface area contributed by atoms with Crippen LogP contribution in [-0.4, -0.2) is 69.7 Å². The van der Waals surface area contributed by atoms with E-state index in [0.717, 1.165) is 0 Å². The van der Waals surface area contributed by atoms with E-state index in [1.54, 1.807) is 16.7 Å². The van der Waals surface area contributed by atoms with Gasteiger partial charge in [0.1, 0.15) is 11.4 Å². The largest absolute Gasteiger partial charge is 0.467 e. The number of amides is 1. The molecule has 0 bridgehead atoms. The molecule has 3 atom stereocenters. The van der Waals surface area contributed by atoms with Gasteiger partial charge in [-0.1, -0.05) is 43.6 Å². The predicted molar refractivity (Wildman–Crippen MR) is 87.9 cm³/mol. The van der Waals surface area contributed by atoms with Crippen molar-refractivity contribution >= 4 is 67.3 Å². The molecule has 2 fully saturated rings. The van der Waals surface area contributed by atoms with E-state index in [2.05, 4.69) is 52.5 Å². The summed E-state index contributed by atoms with van der Waals surface area (Å²) in [4.78, 5) is 26.1. The summed E-state index contributed by atoms with van der Waals surface area (Å²) in [6.07, 6.45) is 0. The first kappa shape index (κ1) is 16.5. The van der Waals surface area contributed by atoms with Crippen molar-refractivity contribution in [3.05, 3.63) is 0 Å². The highest BCUT2D eigenvalue weighted by atomic mass is 79.9. The quantitative estimate of drug-likeness (QED) is 0.299. The molecule has 1 aromatic heterocycles. The average molecular weight is 473 g/mol. The zero-order chi connectivity index (χ0) is 16.1. The van der Waals surface area contributed by atoms with E-state index in [4.69, 9.17) is 4.74 Å². The Morgan fingerprint density at radius 2 is 2.32 bits per heavy atom. The molecule has 3 heterocycles. The third-order valence-electron chi connectivity index (χ3n) is 3.56. The summed E-state index contributed by atoms with van der Waals surface area (Å²) in [5, 5.41) is 14.0. The monoisotopic (exact) mass is 471 g/mol. The summed E-state index contributed by atoms with van der Waals surface area (Å²) in [7, 11) is 1.33. The third kappa shape index (κ3) is 2.38. The number of thioether (sulfide) groups is 2. The van der Waals surface area contributed by atoms with E-state index in [0.29, 0.717) is 10.9 Å². The SMILES string of the molecule is COC(=O)[C@@H]1N2C(=O)C(Br)(Br)[C@H]2S[C@@]1(C)CSc1nn[nH]n1. The number of H-pyrrole nitrogens is 1. The number of carbonyl (C=O) groups excluding carboxylic acids is 2. The highest BCUT2D eigenvalue weighted by molar-refractivity contribution is 9.26. The summed E-state index contributed by atoms with van der Waals surface area (Å²) in [6, 6.07) is -0.650. The first-order valence-corrected chi connectivity index (χ1v) is 9.59. The third-order valence-corrected chi connectivity index (χ3v) is 8.78. The Labute approximate surface area is 151 Å². The van der Waals surface area contributed by atoms with Crippen LogP contribution in [0, 0.1) is 0 Å². The van der Waals surface area contributed by atoms with Crippen LogP contribution in [-0.2, 0) is 14.3 Å². The topological polar surface area (TPSA) is 101 Å². The molecule has 0 unspecified atom stereocenters. The first-order chi connectivity index (χ1) is 10.3. The van der Waals surface area contributed by atoms with Crippen LogP contribution < -0.4 is 0 Å². The second-order valence-electron chi connectivity index (χ2n) is 5.03. The van der Waals surface area contributed by atoms with Gasteiger partial charge in [-0.25, -0.2) is 4.79 Å². The van der Waals surface area contributed by atoms with Crippen LogP contribution in [0.15, 0.2) is 5.16 Å². The van der Waals surface area contributed by atoms with E-state index < -0.39 is 20.0 Å². The van der Waals surface area contributed by atoms with Crippen LogP contribution in [0.1, 0.15) is 6.92 Å². The van der Waals surface area contributed by atoms with Crippen molar-refractivity contribution in [2.75, 3.05) is 12.9 Å². The predicted octanol–water partition coefficient (Wildman–Crippen LogP) is 0.993. The van der Waals surface area contributed by atoms with Gasteiger partial charge < -0.3 is 9.64 Å². The number of aromatic amines is 1. The van der Waals surface area contributed by atoms with Crippen molar-refractivity contribution < 1.29 is 14.3 Å². The minimum absolute atomic E-state index is 0.173. The highest BCUT2D eigenvalue weighted by Gasteiger charge is 2.71. The normalized spacial score (nSPS) is 32.5. The van der Waals surface area contributed by atoms with E-state index >= 15 is 0 Å². The van der Waals surface area contributed by atoms with Gasteiger partial charge in [-0.05, 0) is 12.1 Å². The molecule has 0 saturated carbocycles. The van der Waals surface area contributed by atoms with Gasteiger partial charge in [0.25, 0.3) is 5.91 Å². The lowest BCUT2D eigenvalue weighted by Gasteiger charge is -2.46. The molecule has 2 saturated heterocycles. The molecule has 8 nitrogen and oxygen atoms in total. The minimum Gasteiger partial charge on any atom is -0.467 e. The molecule has 0 spiro atoms. The molecular weight excluding hydrogens is 462 g/mol. The number of rotatable bonds is 4. The Hall–Kier alpha value is -0.330. The van der Waals surface area contributed by atoms with E-state index in [9.17, 15) is 9.59 Å². The number of carbonyl (C=O) groups is 2. The number of esters is 1. The molecule has 0 radical (unpaired) electrons. The fourth-order valence-corrected chi connectivity index (χ4v) is 6.57. The number of nitrogens with one attached hydrogen (secondary N) is 1. The van der Waals surface area contributed by atoms with Crippen molar-refractivity contribution in [3.63, 3.8) is 0 Å². The number of methoxy groups -OCH3 is 1. The fraction of sp³-hybridized carbons (Fsp3) is 0.700. The van der Waals surface area contributed by atoms with Crippen LogP contribution in [0.4, 0.5) is 0 Å². The number of ether oxygens (including phenoxy) is 1. The summed E-state index contributed by atoms with van der Waals surface area (Å²) in [5.74, 6) is -0.0587. The Balaban J connectivity index is 1.85. The first-order valence-electron chi connectivity index (χ1n) is 6.14. The van der Waals surface area contributed by atoms with Crippen LogP contribution in [0.5, 0.6) is 0 Å². The van der Waals surface area contributed by atoms with Crippen LogP contribution in [0.25, 0.3) is 0 Å². The van der Waals surface area contributed by atoms with Crippen molar-refractivity contribution in [1.82, 2.24) is 25.5 Å². The highest BCUT2D eigenvalue weighted by Crippen LogP contribution is 2.61. The standard InChI is InChI=1S/C10H11Br2N5O3S2/c1-9(3-21-8-13-15-16-14-8)4(5(18)20-2)17-6(19)10(11,12)7(17)22-9/h4,7H,3H2,1-2H3,(H,13,14,15,16)/t4-,7+,9-/m0/s1. The zero-order valence-corrected chi connectivity index (χ0v) is 16.3. The lowest BCUT2D eigenvalue weighted by Crippen LogP contribution is -2.68. The van der Waals surface area contributed by atoms with Crippen LogP contribution in [0.2, 0.25) is 0 Å². The van der Waals surface area contributed by atoms with Gasteiger partial charge in [0.2, 0.25) is 5.16 Å². The lowest BCUT2D eigenvalue weighted by atomic mass is 9.98. The fourth-order valence-electron chi connectivity index (χ4n) is 2.50. The Morgan fingerprint density at radius 3 is 2.91 bits per heavy atom.